The molecular formula is C15H20BrCl2N3O. The molecule has 1 aromatic heterocycles. The minimum Gasteiger partial charge on any atom is -0.412 e. The van der Waals surface area contributed by atoms with Crippen LogP contribution in [0.5, 0.6) is 0 Å². The van der Waals surface area contributed by atoms with Gasteiger partial charge in [-0.15, -0.1) is 24.8 Å². The van der Waals surface area contributed by atoms with E-state index in [4.69, 9.17) is 0 Å². The van der Waals surface area contributed by atoms with Gasteiger partial charge in [-0.25, -0.2) is 0 Å². The number of hydrogen-bond acceptors (Lipinski definition) is 3. The van der Waals surface area contributed by atoms with Crippen LogP contribution < -0.4 is 10.9 Å². The van der Waals surface area contributed by atoms with Crippen molar-refractivity contribution in [2.24, 2.45) is 0 Å². The zero-order valence-corrected chi connectivity index (χ0v) is 15.3. The van der Waals surface area contributed by atoms with Gasteiger partial charge in [-0.05, 0) is 36.4 Å². The smallest absolute Gasteiger partial charge is 0.0346 e. The Morgan fingerprint density at radius 3 is 2.36 bits per heavy atom. The Hall–Kier alpha value is -0.950. The molecular weight excluding hydrogens is 389 g/mol. The van der Waals surface area contributed by atoms with Gasteiger partial charge >= 0.3 is 0 Å². The lowest BCUT2D eigenvalue weighted by Gasteiger charge is -2.09. The summed E-state index contributed by atoms with van der Waals surface area (Å²) in [5, 5.41) is 0. The Morgan fingerprint density at radius 1 is 1.14 bits per heavy atom. The number of benzene rings is 1. The molecule has 0 unspecified atom stereocenters. The first kappa shape index (κ1) is 23.3. The zero-order valence-electron chi connectivity index (χ0n) is 12.0. The van der Waals surface area contributed by atoms with Crippen molar-refractivity contribution < 1.29 is 5.48 Å². The van der Waals surface area contributed by atoms with Crippen molar-refractivity contribution in [3.63, 3.8) is 0 Å². The summed E-state index contributed by atoms with van der Waals surface area (Å²) < 4.78 is 1.08. The van der Waals surface area contributed by atoms with Gasteiger partial charge < -0.3 is 5.48 Å². The molecule has 1 heterocycles. The minimum absolute atomic E-state index is 0. The molecule has 0 saturated carbocycles. The van der Waals surface area contributed by atoms with E-state index in [2.05, 4.69) is 56.0 Å². The van der Waals surface area contributed by atoms with E-state index in [-0.39, 0.29) is 30.3 Å². The Morgan fingerprint density at radius 2 is 1.82 bits per heavy atom. The number of nitrogens with zero attached hydrogens (tertiary/aromatic N) is 1. The average molecular weight is 409 g/mol. The average Bonchev–Trinajstić information content (AvgIpc) is 2.46. The van der Waals surface area contributed by atoms with Crippen molar-refractivity contribution in [1.82, 2.24) is 15.8 Å². The summed E-state index contributed by atoms with van der Waals surface area (Å²) in [5.74, 6) is 0. The first-order valence-electron chi connectivity index (χ1n) is 6.07. The summed E-state index contributed by atoms with van der Waals surface area (Å²) in [5.41, 5.74) is 9.45. The van der Waals surface area contributed by atoms with Crippen LogP contribution in [0, 0.1) is 0 Å². The number of nitrogens with one attached hydrogen (secondary N) is 2. The SMILES string of the molecule is CNNC/C=C(/c1ccc(Br)cc1)c1cccnc1.Cl.Cl.O. The molecule has 0 spiro atoms. The van der Waals surface area contributed by atoms with Gasteiger partial charge in [0.15, 0.2) is 0 Å². The minimum atomic E-state index is 0. The van der Waals surface area contributed by atoms with Crippen molar-refractivity contribution in [3.05, 3.63) is 70.5 Å². The highest BCUT2D eigenvalue weighted by Gasteiger charge is 2.04. The molecule has 0 radical (unpaired) electrons. The molecule has 122 valence electrons. The summed E-state index contributed by atoms with van der Waals surface area (Å²) >= 11 is 3.46. The second kappa shape index (κ2) is 12.6. The molecule has 7 heteroatoms. The summed E-state index contributed by atoms with van der Waals surface area (Å²) in [6.07, 6.45) is 5.82. The Kier molecular flexibility index (Phi) is 13.3. The molecule has 4 N–H and O–H groups in total. The molecule has 0 fully saturated rings. The van der Waals surface area contributed by atoms with Gasteiger partial charge in [0.1, 0.15) is 0 Å². The van der Waals surface area contributed by atoms with Crippen LogP contribution in [0.2, 0.25) is 0 Å². The van der Waals surface area contributed by atoms with Gasteiger partial charge in [0, 0.05) is 29.0 Å². The molecule has 0 amide bonds. The van der Waals surface area contributed by atoms with E-state index in [1.807, 2.05) is 31.4 Å². The maximum absolute atomic E-state index is 4.19. The number of aromatic nitrogens is 1. The van der Waals surface area contributed by atoms with Crippen LogP contribution in [0.1, 0.15) is 11.1 Å². The molecule has 0 aliphatic carbocycles. The third-order valence-corrected chi connectivity index (χ3v) is 3.24. The Labute approximate surface area is 151 Å². The molecule has 0 saturated heterocycles. The zero-order chi connectivity index (χ0) is 13.5. The van der Waals surface area contributed by atoms with Crippen molar-refractivity contribution in [2.75, 3.05) is 13.6 Å². The first-order valence-corrected chi connectivity index (χ1v) is 6.86. The molecule has 4 nitrogen and oxygen atoms in total. The first-order chi connectivity index (χ1) is 9.31. The normalized spacial score (nSPS) is 10.0. The number of rotatable bonds is 5. The quantitative estimate of drug-likeness (QED) is 0.590. The highest BCUT2D eigenvalue weighted by atomic mass is 79.9. The predicted octanol–water partition coefficient (Wildman–Crippen LogP) is 3.02. The Bertz CT molecular complexity index is 550. The van der Waals surface area contributed by atoms with E-state index < -0.39 is 0 Å². The van der Waals surface area contributed by atoms with Crippen LogP contribution in [0.4, 0.5) is 0 Å². The van der Waals surface area contributed by atoms with Crippen LogP contribution >= 0.6 is 40.7 Å². The van der Waals surface area contributed by atoms with Gasteiger partial charge in [-0.3, -0.25) is 15.8 Å². The fourth-order valence-electron chi connectivity index (χ4n) is 1.81. The summed E-state index contributed by atoms with van der Waals surface area (Å²) in [6, 6.07) is 12.3. The van der Waals surface area contributed by atoms with Gasteiger partial charge in [0.25, 0.3) is 0 Å². The van der Waals surface area contributed by atoms with Gasteiger partial charge in [0.05, 0.1) is 0 Å². The molecule has 0 bridgehead atoms. The van der Waals surface area contributed by atoms with Gasteiger partial charge in [-0.2, -0.15) is 0 Å². The monoisotopic (exact) mass is 407 g/mol. The van der Waals surface area contributed by atoms with E-state index in [1.165, 1.54) is 11.1 Å². The largest absolute Gasteiger partial charge is 0.412 e. The highest BCUT2D eigenvalue weighted by Crippen LogP contribution is 2.23. The maximum atomic E-state index is 4.19. The van der Waals surface area contributed by atoms with Gasteiger partial charge in [-0.1, -0.05) is 40.2 Å². The molecule has 0 aliphatic heterocycles. The lowest BCUT2D eigenvalue weighted by Crippen LogP contribution is -2.27. The molecule has 0 atom stereocenters. The molecule has 2 aromatic rings. The Balaban J connectivity index is 0. The van der Waals surface area contributed by atoms with Gasteiger partial charge in [0.2, 0.25) is 0 Å². The van der Waals surface area contributed by atoms with Crippen molar-refractivity contribution in [3.8, 4) is 0 Å². The summed E-state index contributed by atoms with van der Waals surface area (Å²) in [4.78, 5) is 4.19. The number of hydrogen-bond donors (Lipinski definition) is 2. The second-order valence-electron chi connectivity index (χ2n) is 4.00. The lowest BCUT2D eigenvalue weighted by molar-refractivity contribution is 0.647. The highest BCUT2D eigenvalue weighted by molar-refractivity contribution is 9.10. The number of hydrazine groups is 1. The van der Waals surface area contributed by atoms with Crippen LogP contribution in [0.15, 0.2) is 59.3 Å². The van der Waals surface area contributed by atoms with E-state index in [0.29, 0.717) is 0 Å². The molecule has 22 heavy (non-hydrogen) atoms. The summed E-state index contributed by atoms with van der Waals surface area (Å²) in [7, 11) is 1.86. The molecule has 0 aliphatic rings. The number of halogens is 3. The van der Waals surface area contributed by atoms with E-state index in [9.17, 15) is 0 Å². The third kappa shape index (κ3) is 6.87. The fourth-order valence-corrected chi connectivity index (χ4v) is 2.07. The summed E-state index contributed by atoms with van der Waals surface area (Å²) in [6.45, 7) is 0.747. The third-order valence-electron chi connectivity index (χ3n) is 2.71. The lowest BCUT2D eigenvalue weighted by atomic mass is 9.99. The van der Waals surface area contributed by atoms with Crippen molar-refractivity contribution in [1.29, 1.82) is 0 Å². The fraction of sp³-hybridized carbons (Fsp3) is 0.133. The van der Waals surface area contributed by atoms with E-state index in [1.54, 1.807) is 6.20 Å². The van der Waals surface area contributed by atoms with Crippen LogP contribution in [0.3, 0.4) is 0 Å². The number of pyridine rings is 1. The predicted molar refractivity (Wildman–Crippen MR) is 101 cm³/mol. The molecule has 2 rings (SSSR count). The van der Waals surface area contributed by atoms with Crippen molar-refractivity contribution in [2.45, 2.75) is 0 Å². The topological polar surface area (TPSA) is 68.5 Å². The maximum Gasteiger partial charge on any atom is 0.0346 e. The second-order valence-corrected chi connectivity index (χ2v) is 4.91. The van der Waals surface area contributed by atoms with E-state index in [0.717, 1.165) is 16.6 Å². The molecule has 1 aromatic carbocycles. The van der Waals surface area contributed by atoms with Crippen LogP contribution in [-0.2, 0) is 0 Å². The van der Waals surface area contributed by atoms with Crippen LogP contribution in [-0.4, -0.2) is 24.1 Å². The van der Waals surface area contributed by atoms with Crippen molar-refractivity contribution >= 4 is 46.3 Å². The van der Waals surface area contributed by atoms with Crippen LogP contribution in [0.25, 0.3) is 5.57 Å². The van der Waals surface area contributed by atoms with E-state index >= 15 is 0 Å². The standard InChI is InChI=1S/C15H16BrN3.2ClH.H2O/c1-17-19-10-8-15(13-3-2-9-18-11-13)12-4-6-14(16)7-5-12;;;/h2-9,11,17,19H,10H2,1H3;2*1H;1H2/b15-8-;;;.